The summed E-state index contributed by atoms with van der Waals surface area (Å²) in [6.45, 7) is 3.92. The van der Waals surface area contributed by atoms with Crippen LogP contribution in [0.4, 0.5) is 0 Å². The van der Waals surface area contributed by atoms with Crippen LogP contribution in [0.3, 0.4) is 0 Å². The zero-order valence-electron chi connectivity index (χ0n) is 16.8. The fourth-order valence-electron chi connectivity index (χ4n) is 3.64. The number of rotatable bonds is 6. The number of aromatic nitrogens is 4. The largest absolute Gasteiger partial charge is 0.489 e. The van der Waals surface area contributed by atoms with Crippen LogP contribution in [0.15, 0.2) is 52.1 Å². The molecule has 0 aliphatic heterocycles. The van der Waals surface area contributed by atoms with Gasteiger partial charge in [0, 0.05) is 17.3 Å². The molecule has 0 saturated heterocycles. The predicted molar refractivity (Wildman–Crippen MR) is 120 cm³/mol. The zero-order valence-corrected chi connectivity index (χ0v) is 18.3. The first-order valence-corrected chi connectivity index (χ1v) is 10.3. The summed E-state index contributed by atoms with van der Waals surface area (Å²) in [6.07, 6.45) is 0. The Morgan fingerprint density at radius 1 is 0.806 bits per heavy atom. The minimum atomic E-state index is -0.533. The summed E-state index contributed by atoms with van der Waals surface area (Å²) in [4.78, 5) is 25.0. The molecule has 0 unspecified atom stereocenters. The van der Waals surface area contributed by atoms with Gasteiger partial charge >= 0.3 is 0 Å². The zero-order chi connectivity index (χ0) is 22.1. The molecule has 0 spiro atoms. The number of H-pyrrole nitrogens is 4. The van der Waals surface area contributed by atoms with Crippen molar-refractivity contribution in [2.45, 2.75) is 26.4 Å². The van der Waals surface area contributed by atoms with Gasteiger partial charge in [0.15, 0.2) is 0 Å². The van der Waals surface area contributed by atoms with Gasteiger partial charge < -0.3 is 14.9 Å². The number of hydrogen-bond donors (Lipinski definition) is 4. The Hall–Kier alpha value is -3.16. The summed E-state index contributed by atoms with van der Waals surface area (Å²) in [5.41, 5.74) is 3.51. The van der Waals surface area contributed by atoms with E-state index < -0.39 is 5.92 Å². The third-order valence-corrected chi connectivity index (χ3v) is 5.94. The third kappa shape index (κ3) is 4.19. The smallest absolute Gasteiger partial charge is 0.268 e. The molecule has 4 rings (SSSR count). The average molecular weight is 459 g/mol. The van der Waals surface area contributed by atoms with E-state index in [2.05, 4.69) is 20.4 Å². The Morgan fingerprint density at radius 3 is 1.87 bits per heavy atom. The minimum absolute atomic E-state index is 0.262. The molecular weight excluding hydrogens is 439 g/mol. The van der Waals surface area contributed by atoms with Crippen LogP contribution in [0.25, 0.3) is 0 Å². The fourth-order valence-corrected chi connectivity index (χ4v) is 3.96. The van der Waals surface area contributed by atoms with Crippen LogP contribution in [0, 0.1) is 13.8 Å². The van der Waals surface area contributed by atoms with Crippen molar-refractivity contribution in [2.24, 2.45) is 0 Å². The van der Waals surface area contributed by atoms with Crippen LogP contribution in [0.1, 0.15) is 39.6 Å². The predicted octanol–water partition coefficient (Wildman–Crippen LogP) is 4.40. The highest BCUT2D eigenvalue weighted by Gasteiger charge is 2.27. The third-order valence-electron chi connectivity index (χ3n) is 5.20. The van der Waals surface area contributed by atoms with Gasteiger partial charge in [-0.1, -0.05) is 41.4 Å². The number of ether oxygens (including phenoxy) is 1. The summed E-state index contributed by atoms with van der Waals surface area (Å²) in [5.74, 6) is 0.113. The van der Waals surface area contributed by atoms with Crippen LogP contribution in [0.2, 0.25) is 10.0 Å². The molecular formula is C22H20Cl2N4O3. The molecule has 0 fully saturated rings. The monoisotopic (exact) mass is 458 g/mol. The Labute approximate surface area is 187 Å². The molecule has 2 aromatic carbocycles. The topological polar surface area (TPSA) is 107 Å². The minimum Gasteiger partial charge on any atom is -0.489 e. The van der Waals surface area contributed by atoms with E-state index in [1.807, 2.05) is 30.3 Å². The number of aromatic amines is 4. The van der Waals surface area contributed by atoms with Crippen molar-refractivity contribution >= 4 is 23.2 Å². The van der Waals surface area contributed by atoms with Gasteiger partial charge in [0.25, 0.3) is 11.1 Å². The first-order chi connectivity index (χ1) is 14.8. The van der Waals surface area contributed by atoms with E-state index in [1.165, 1.54) is 0 Å². The summed E-state index contributed by atoms with van der Waals surface area (Å²) in [5, 5.41) is 11.8. The second kappa shape index (κ2) is 8.53. The fraction of sp³-hybridized carbons (Fsp3) is 0.182. The number of aryl methyl sites for hydroxylation is 2. The Morgan fingerprint density at radius 2 is 1.39 bits per heavy atom. The van der Waals surface area contributed by atoms with Crippen LogP contribution in [-0.4, -0.2) is 20.4 Å². The van der Waals surface area contributed by atoms with Crippen molar-refractivity contribution in [3.63, 3.8) is 0 Å². The van der Waals surface area contributed by atoms with Crippen LogP contribution in [-0.2, 0) is 6.61 Å². The van der Waals surface area contributed by atoms with E-state index >= 15 is 0 Å². The molecule has 0 aliphatic carbocycles. The highest BCUT2D eigenvalue weighted by molar-refractivity contribution is 6.42. The molecule has 4 N–H and O–H groups in total. The van der Waals surface area contributed by atoms with E-state index in [1.54, 1.807) is 26.0 Å². The van der Waals surface area contributed by atoms with Gasteiger partial charge in [-0.25, -0.2) is 0 Å². The molecule has 0 radical (unpaired) electrons. The van der Waals surface area contributed by atoms with Crippen molar-refractivity contribution in [1.82, 2.24) is 20.4 Å². The SMILES string of the molecule is Cc1[nH][nH]c(=O)c1C(c1ccc(OCc2ccc(Cl)c(Cl)c2)cc1)c1c(C)[nH][nH]c1=O. The van der Waals surface area contributed by atoms with Crippen molar-refractivity contribution < 1.29 is 4.74 Å². The quantitative estimate of drug-likeness (QED) is 0.343. The lowest BCUT2D eigenvalue weighted by Crippen LogP contribution is -2.20. The van der Waals surface area contributed by atoms with Crippen molar-refractivity contribution in [3.05, 3.63) is 107 Å². The summed E-state index contributed by atoms with van der Waals surface area (Å²) in [6, 6.07) is 12.7. The van der Waals surface area contributed by atoms with Crippen LogP contribution in [0.5, 0.6) is 5.75 Å². The maximum atomic E-state index is 12.5. The van der Waals surface area contributed by atoms with Gasteiger partial charge in [-0.15, -0.1) is 0 Å². The summed E-state index contributed by atoms with van der Waals surface area (Å²) in [7, 11) is 0. The molecule has 0 bridgehead atoms. The molecule has 0 atom stereocenters. The van der Waals surface area contributed by atoms with Crippen molar-refractivity contribution in [1.29, 1.82) is 0 Å². The van der Waals surface area contributed by atoms with Gasteiger partial charge in [-0.2, -0.15) is 0 Å². The summed E-state index contributed by atoms with van der Waals surface area (Å²) < 4.78 is 5.85. The molecule has 2 aromatic heterocycles. The second-order valence-corrected chi connectivity index (χ2v) is 8.09. The van der Waals surface area contributed by atoms with Gasteiger partial charge in [-0.05, 0) is 49.2 Å². The maximum absolute atomic E-state index is 12.5. The normalized spacial score (nSPS) is 11.3. The molecule has 0 amide bonds. The summed E-state index contributed by atoms with van der Waals surface area (Å²) >= 11 is 12.0. The van der Waals surface area contributed by atoms with Gasteiger partial charge in [0.2, 0.25) is 0 Å². The highest BCUT2D eigenvalue weighted by Crippen LogP contribution is 2.32. The average Bonchev–Trinajstić information content (AvgIpc) is 3.26. The molecule has 31 heavy (non-hydrogen) atoms. The van der Waals surface area contributed by atoms with E-state index in [-0.39, 0.29) is 11.1 Å². The molecule has 0 aliphatic rings. The molecule has 7 nitrogen and oxygen atoms in total. The van der Waals surface area contributed by atoms with Crippen LogP contribution < -0.4 is 15.9 Å². The van der Waals surface area contributed by atoms with Crippen LogP contribution >= 0.6 is 23.2 Å². The number of nitrogens with one attached hydrogen (secondary N) is 4. The lowest BCUT2D eigenvalue weighted by atomic mass is 9.85. The van der Waals surface area contributed by atoms with Crippen molar-refractivity contribution in [3.8, 4) is 5.75 Å². The number of hydrogen-bond acceptors (Lipinski definition) is 3. The first-order valence-electron chi connectivity index (χ1n) is 9.56. The lowest BCUT2D eigenvalue weighted by molar-refractivity contribution is 0.306. The molecule has 160 valence electrons. The Bertz CT molecular complexity index is 1280. The molecule has 9 heteroatoms. The second-order valence-electron chi connectivity index (χ2n) is 7.27. The maximum Gasteiger partial charge on any atom is 0.268 e. The van der Waals surface area contributed by atoms with E-state index in [0.29, 0.717) is 44.9 Å². The van der Waals surface area contributed by atoms with E-state index in [4.69, 9.17) is 27.9 Å². The van der Waals surface area contributed by atoms with Gasteiger partial charge in [0.1, 0.15) is 12.4 Å². The van der Waals surface area contributed by atoms with Gasteiger partial charge in [-0.3, -0.25) is 19.8 Å². The van der Waals surface area contributed by atoms with Gasteiger partial charge in [0.05, 0.1) is 21.2 Å². The number of halogens is 2. The molecule has 0 saturated carbocycles. The number of benzene rings is 2. The standard InChI is InChI=1S/C22H20Cl2N4O3/c1-11-18(21(29)27-25-11)20(19-12(2)26-28-22(19)30)14-4-6-15(7-5-14)31-10-13-3-8-16(23)17(24)9-13/h3-9,20H,10H2,1-2H3,(H2,25,27,29)(H2,26,28,30). The molecule has 2 heterocycles. The molecule has 4 aromatic rings. The highest BCUT2D eigenvalue weighted by atomic mass is 35.5. The van der Waals surface area contributed by atoms with Crippen molar-refractivity contribution in [2.75, 3.05) is 0 Å². The Balaban J connectivity index is 1.65. The lowest BCUT2D eigenvalue weighted by Gasteiger charge is -2.16. The van der Waals surface area contributed by atoms with E-state index in [0.717, 1.165) is 11.1 Å². The van der Waals surface area contributed by atoms with E-state index in [9.17, 15) is 9.59 Å². The Kier molecular flexibility index (Phi) is 5.80. The first kappa shape index (κ1) is 21.1.